The summed E-state index contributed by atoms with van der Waals surface area (Å²) in [6.07, 6.45) is 92.1. The fraction of sp³-hybridized carbons (Fsp3) is 0.753. The molecule has 2 atom stereocenters. The van der Waals surface area contributed by atoms with E-state index in [1.807, 2.05) is 0 Å². The van der Waals surface area contributed by atoms with Crippen molar-refractivity contribution in [3.05, 3.63) is 97.2 Å². The molecule has 0 rings (SSSR count). The first-order valence-electron chi connectivity index (χ1n) is 34.7. The highest BCUT2D eigenvalue weighted by Crippen LogP contribution is 2.43. The van der Waals surface area contributed by atoms with Crippen molar-refractivity contribution in [1.82, 2.24) is 0 Å². The molecule has 0 saturated carbocycles. The minimum Gasteiger partial charge on any atom is -0.462 e. The van der Waals surface area contributed by atoms with Crippen LogP contribution in [0.1, 0.15) is 322 Å². The molecule has 83 heavy (non-hydrogen) atoms. The fourth-order valence-corrected chi connectivity index (χ4v) is 10.6. The van der Waals surface area contributed by atoms with Crippen LogP contribution in [-0.4, -0.2) is 49.3 Å². The number of carbonyl (C=O) groups excluding carboxylic acids is 2. The van der Waals surface area contributed by atoms with Gasteiger partial charge in [-0.25, -0.2) is 4.57 Å². The van der Waals surface area contributed by atoms with Gasteiger partial charge in [-0.2, -0.15) is 0 Å². The van der Waals surface area contributed by atoms with Crippen LogP contribution in [0.2, 0.25) is 0 Å². The van der Waals surface area contributed by atoms with E-state index in [1.54, 1.807) is 0 Å². The van der Waals surface area contributed by atoms with Crippen LogP contribution in [0.15, 0.2) is 97.2 Å². The predicted molar refractivity (Wildman–Crippen MR) is 358 cm³/mol. The first-order valence-corrected chi connectivity index (χ1v) is 36.2. The van der Waals surface area contributed by atoms with Crippen molar-refractivity contribution in [3.63, 3.8) is 0 Å². The topological polar surface area (TPSA) is 134 Å². The Bertz CT molecular complexity index is 1680. The number of nitrogens with two attached hydrogens (primary N) is 1. The van der Waals surface area contributed by atoms with Crippen molar-refractivity contribution >= 4 is 19.8 Å². The van der Waals surface area contributed by atoms with E-state index in [-0.39, 0.29) is 38.6 Å². The molecule has 2 unspecified atom stereocenters. The summed E-state index contributed by atoms with van der Waals surface area (Å²) in [7, 11) is -4.40. The molecule has 0 heterocycles. The van der Waals surface area contributed by atoms with Gasteiger partial charge in [0.05, 0.1) is 13.2 Å². The zero-order chi connectivity index (χ0) is 60.1. The summed E-state index contributed by atoms with van der Waals surface area (Å²) < 4.78 is 33.2. The molecule has 480 valence electrons. The van der Waals surface area contributed by atoms with Gasteiger partial charge >= 0.3 is 19.8 Å². The average Bonchev–Trinajstić information content (AvgIpc) is 3.49. The predicted octanol–water partition coefficient (Wildman–Crippen LogP) is 22.7. The van der Waals surface area contributed by atoms with Crippen LogP contribution < -0.4 is 5.73 Å². The zero-order valence-electron chi connectivity index (χ0n) is 53.9. The number of unbranched alkanes of at least 4 members (excludes halogenated alkanes) is 36. The van der Waals surface area contributed by atoms with Crippen LogP contribution >= 0.6 is 7.82 Å². The van der Waals surface area contributed by atoms with Crippen molar-refractivity contribution in [3.8, 4) is 0 Å². The molecule has 0 aromatic rings. The minimum atomic E-state index is -4.40. The first-order chi connectivity index (χ1) is 40.8. The van der Waals surface area contributed by atoms with Gasteiger partial charge < -0.3 is 20.1 Å². The largest absolute Gasteiger partial charge is 0.472 e. The molecule has 0 bridgehead atoms. The van der Waals surface area contributed by atoms with E-state index < -0.39 is 26.5 Å². The summed E-state index contributed by atoms with van der Waals surface area (Å²) in [4.78, 5) is 35.4. The van der Waals surface area contributed by atoms with Crippen molar-refractivity contribution in [2.45, 2.75) is 328 Å². The SMILES string of the molecule is CC/C=C\C/C=C\C/C=C\C/C=C\C/C=C\CCCCCCCCCCCCCCCCCCCC(=O)OC(COC(=O)CCCCCCCCCCCCCCCC/C=C\C/C=C\C/C=C\CCCCCCC)COP(=O)(O)OCCN. The Kier molecular flexibility index (Phi) is 65.5. The highest BCUT2D eigenvalue weighted by molar-refractivity contribution is 7.47. The van der Waals surface area contributed by atoms with Gasteiger partial charge in [0.1, 0.15) is 6.61 Å². The van der Waals surface area contributed by atoms with Crippen molar-refractivity contribution < 1.29 is 37.6 Å². The summed E-state index contributed by atoms with van der Waals surface area (Å²) >= 11 is 0. The Balaban J connectivity index is 3.88. The molecule has 0 amide bonds. The molecule has 0 aromatic carbocycles. The van der Waals surface area contributed by atoms with E-state index in [4.69, 9.17) is 24.3 Å². The number of hydrogen-bond acceptors (Lipinski definition) is 8. The van der Waals surface area contributed by atoms with E-state index >= 15 is 0 Å². The third-order valence-corrected chi connectivity index (χ3v) is 15.9. The second-order valence-corrected chi connectivity index (χ2v) is 24.5. The number of ether oxygens (including phenoxy) is 2. The van der Waals surface area contributed by atoms with Crippen LogP contribution in [0, 0.1) is 0 Å². The number of phosphoric acid groups is 1. The third-order valence-electron chi connectivity index (χ3n) is 15.0. The van der Waals surface area contributed by atoms with Crippen LogP contribution in [0.25, 0.3) is 0 Å². The number of phosphoric ester groups is 1. The number of carbonyl (C=O) groups is 2. The van der Waals surface area contributed by atoms with Gasteiger partial charge in [0.25, 0.3) is 0 Å². The minimum absolute atomic E-state index is 0.0515. The molecule has 10 heteroatoms. The number of esters is 2. The molecule has 9 nitrogen and oxygen atoms in total. The third kappa shape index (κ3) is 67.9. The lowest BCUT2D eigenvalue weighted by Gasteiger charge is -2.19. The molecule has 0 aliphatic heterocycles. The Labute approximate surface area is 512 Å². The van der Waals surface area contributed by atoms with Crippen LogP contribution in [-0.2, 0) is 32.7 Å². The lowest BCUT2D eigenvalue weighted by atomic mass is 10.0. The molecular formula is C73H130NO8P. The highest BCUT2D eigenvalue weighted by Gasteiger charge is 2.26. The van der Waals surface area contributed by atoms with Gasteiger partial charge in [-0.05, 0) is 96.3 Å². The summed E-state index contributed by atoms with van der Waals surface area (Å²) in [6.45, 7) is 3.66. The van der Waals surface area contributed by atoms with Crippen molar-refractivity contribution in [2.24, 2.45) is 5.73 Å². The Morgan fingerprint density at radius 1 is 0.373 bits per heavy atom. The molecule has 3 N–H and O–H groups in total. The summed E-state index contributed by atoms with van der Waals surface area (Å²) in [5, 5.41) is 0. The first kappa shape index (κ1) is 79.9. The van der Waals surface area contributed by atoms with E-state index in [0.717, 1.165) is 83.5 Å². The van der Waals surface area contributed by atoms with E-state index in [0.29, 0.717) is 6.42 Å². The smallest absolute Gasteiger partial charge is 0.462 e. The lowest BCUT2D eigenvalue weighted by Crippen LogP contribution is -2.29. The summed E-state index contributed by atoms with van der Waals surface area (Å²) in [5.74, 6) is -0.819. The molecule has 0 radical (unpaired) electrons. The maximum absolute atomic E-state index is 12.8. The maximum Gasteiger partial charge on any atom is 0.472 e. The van der Waals surface area contributed by atoms with Gasteiger partial charge in [-0.15, -0.1) is 0 Å². The second kappa shape index (κ2) is 68.0. The van der Waals surface area contributed by atoms with Crippen LogP contribution in [0.3, 0.4) is 0 Å². The second-order valence-electron chi connectivity index (χ2n) is 23.0. The summed E-state index contributed by atoms with van der Waals surface area (Å²) in [6, 6.07) is 0. The van der Waals surface area contributed by atoms with Crippen molar-refractivity contribution in [1.29, 1.82) is 0 Å². The standard InChI is InChI=1S/C73H130NO8P/c1-3-5-7-9-11-13-15-17-19-21-23-25-27-29-31-33-34-35-36-38-40-42-44-46-48-50-52-54-56-58-60-62-64-66-73(76)82-71(70-81-83(77,78)80-68-67-74)69-79-72(75)65-63-61-59-57-55-53-51-49-47-45-43-41-39-37-32-30-28-26-24-22-20-18-16-14-12-10-8-6-4-2/h5,7,11,13,16-19,22-25,28-31,71H,3-4,6,8-10,12,14-15,20-21,26-27,32-70,74H2,1-2H3,(H,77,78)/b7-5-,13-11-,18-16-,19-17-,24-22-,25-23-,30-28-,31-29-. The lowest BCUT2D eigenvalue weighted by molar-refractivity contribution is -0.161. The number of rotatable bonds is 65. The number of allylic oxidation sites excluding steroid dienone is 16. The van der Waals surface area contributed by atoms with Gasteiger partial charge in [-0.1, -0.05) is 310 Å². The Morgan fingerprint density at radius 2 is 0.663 bits per heavy atom. The molecule has 0 aromatic heterocycles. The molecule has 0 saturated heterocycles. The van der Waals surface area contributed by atoms with Gasteiger partial charge in [-0.3, -0.25) is 18.6 Å². The monoisotopic (exact) mass is 1180 g/mol. The Hall–Kier alpha value is -3.07. The van der Waals surface area contributed by atoms with Gasteiger partial charge in [0.2, 0.25) is 0 Å². The molecule has 0 spiro atoms. The van der Waals surface area contributed by atoms with Gasteiger partial charge in [0.15, 0.2) is 6.10 Å². The van der Waals surface area contributed by atoms with Crippen molar-refractivity contribution in [2.75, 3.05) is 26.4 Å². The maximum atomic E-state index is 12.8. The Morgan fingerprint density at radius 3 is 0.988 bits per heavy atom. The summed E-state index contributed by atoms with van der Waals surface area (Å²) in [5.41, 5.74) is 5.40. The molecule has 0 aliphatic rings. The average molecular weight is 1180 g/mol. The quantitative estimate of drug-likeness (QED) is 0.0264. The molecule has 0 fully saturated rings. The molecular weight excluding hydrogens is 1050 g/mol. The molecule has 0 aliphatic carbocycles. The zero-order valence-corrected chi connectivity index (χ0v) is 54.8. The number of hydrogen-bond donors (Lipinski definition) is 2. The van der Waals surface area contributed by atoms with Gasteiger partial charge in [0, 0.05) is 19.4 Å². The van der Waals surface area contributed by atoms with E-state index in [1.165, 1.54) is 205 Å². The fourth-order valence-electron chi connectivity index (χ4n) is 9.85. The van der Waals surface area contributed by atoms with E-state index in [9.17, 15) is 19.0 Å². The highest BCUT2D eigenvalue weighted by atomic mass is 31.2. The van der Waals surface area contributed by atoms with E-state index in [2.05, 4.69) is 111 Å². The van der Waals surface area contributed by atoms with Crippen LogP contribution in [0.5, 0.6) is 0 Å². The normalized spacial score (nSPS) is 13.5. The van der Waals surface area contributed by atoms with Crippen LogP contribution in [0.4, 0.5) is 0 Å².